The van der Waals surface area contributed by atoms with Crippen molar-refractivity contribution in [3.63, 3.8) is 0 Å². The van der Waals surface area contributed by atoms with Gasteiger partial charge in [0.2, 0.25) is 0 Å². The molecule has 2 fully saturated rings. The molecule has 7 nitrogen and oxygen atoms in total. The normalized spacial score (nSPS) is 25.2. The Labute approximate surface area is 167 Å². The minimum atomic E-state index is -1.05. The van der Waals surface area contributed by atoms with E-state index in [1.165, 1.54) is 16.0 Å². The Morgan fingerprint density at radius 3 is 2.28 bits per heavy atom. The van der Waals surface area contributed by atoms with E-state index in [9.17, 15) is 9.59 Å². The van der Waals surface area contributed by atoms with E-state index in [0.717, 1.165) is 11.1 Å². The van der Waals surface area contributed by atoms with E-state index in [0.29, 0.717) is 6.54 Å². The van der Waals surface area contributed by atoms with Gasteiger partial charge in [0, 0.05) is 5.92 Å². The summed E-state index contributed by atoms with van der Waals surface area (Å²) in [5.74, 6) is -1.05. The van der Waals surface area contributed by atoms with Crippen LogP contribution in [0.25, 0.3) is 11.1 Å². The summed E-state index contributed by atoms with van der Waals surface area (Å²) >= 11 is 0. The summed E-state index contributed by atoms with van der Waals surface area (Å²) in [6.07, 6.45) is -2.17. The molecule has 3 unspecified atom stereocenters. The van der Waals surface area contributed by atoms with Crippen LogP contribution in [0.4, 0.5) is 4.79 Å². The van der Waals surface area contributed by atoms with Crippen molar-refractivity contribution in [1.82, 2.24) is 4.90 Å². The van der Waals surface area contributed by atoms with Gasteiger partial charge in [0.05, 0.1) is 19.7 Å². The first-order valence-electron chi connectivity index (χ1n) is 9.71. The predicted molar refractivity (Wildman–Crippen MR) is 103 cm³/mol. The van der Waals surface area contributed by atoms with Crippen LogP contribution in [-0.4, -0.2) is 66.7 Å². The molecule has 1 amide bonds. The molecule has 3 atom stereocenters. The third-order valence-electron chi connectivity index (χ3n) is 5.89. The number of ether oxygens (including phenoxy) is 3. The number of rotatable bonds is 3. The molecule has 2 aromatic carbocycles. The number of carboxylic acids is 1. The number of hydrogen-bond acceptors (Lipinski definition) is 5. The van der Waals surface area contributed by atoms with Crippen molar-refractivity contribution >= 4 is 12.1 Å². The lowest BCUT2D eigenvalue weighted by atomic mass is 9.98. The fourth-order valence-corrected chi connectivity index (χ4v) is 4.46. The molecule has 150 valence electrons. The highest BCUT2D eigenvalue weighted by molar-refractivity contribution is 5.79. The summed E-state index contributed by atoms with van der Waals surface area (Å²) in [5, 5.41) is 9.09. The monoisotopic (exact) mass is 395 g/mol. The van der Waals surface area contributed by atoms with Crippen LogP contribution in [0.2, 0.25) is 0 Å². The van der Waals surface area contributed by atoms with Crippen LogP contribution < -0.4 is 0 Å². The predicted octanol–water partition coefficient (Wildman–Crippen LogP) is 2.49. The zero-order chi connectivity index (χ0) is 20.0. The molecular formula is C22H21NO6. The van der Waals surface area contributed by atoms with E-state index in [1.807, 2.05) is 24.3 Å². The molecule has 0 bridgehead atoms. The first-order valence-corrected chi connectivity index (χ1v) is 9.71. The van der Waals surface area contributed by atoms with Gasteiger partial charge in [0.1, 0.15) is 18.8 Å². The van der Waals surface area contributed by atoms with Gasteiger partial charge in [-0.2, -0.15) is 0 Å². The highest BCUT2D eigenvalue weighted by atomic mass is 16.6. The molecule has 7 heteroatoms. The number of carbonyl (C=O) groups is 2. The van der Waals surface area contributed by atoms with Gasteiger partial charge in [-0.3, -0.25) is 0 Å². The fourth-order valence-electron chi connectivity index (χ4n) is 4.46. The van der Waals surface area contributed by atoms with Gasteiger partial charge < -0.3 is 24.2 Å². The van der Waals surface area contributed by atoms with Crippen molar-refractivity contribution < 1.29 is 28.9 Å². The Hall–Kier alpha value is -2.90. The van der Waals surface area contributed by atoms with Gasteiger partial charge in [-0.1, -0.05) is 48.5 Å². The van der Waals surface area contributed by atoms with Crippen molar-refractivity contribution in [2.75, 3.05) is 26.3 Å². The summed E-state index contributed by atoms with van der Waals surface area (Å²) in [6, 6.07) is 16.4. The molecule has 2 aliphatic heterocycles. The molecule has 0 spiro atoms. The van der Waals surface area contributed by atoms with Gasteiger partial charge in [0.15, 0.2) is 6.10 Å². The largest absolute Gasteiger partial charge is 0.479 e. The van der Waals surface area contributed by atoms with E-state index < -0.39 is 24.3 Å². The Bertz CT molecular complexity index is 914. The van der Waals surface area contributed by atoms with Crippen molar-refractivity contribution in [1.29, 1.82) is 0 Å². The maximum absolute atomic E-state index is 12.7. The third kappa shape index (κ3) is 3.16. The van der Waals surface area contributed by atoms with Crippen LogP contribution in [0.1, 0.15) is 17.0 Å². The minimum absolute atomic E-state index is 0.000112. The van der Waals surface area contributed by atoms with E-state index >= 15 is 0 Å². The lowest BCUT2D eigenvalue weighted by Crippen LogP contribution is -2.45. The van der Waals surface area contributed by atoms with Gasteiger partial charge in [-0.25, -0.2) is 9.59 Å². The number of benzene rings is 2. The first-order chi connectivity index (χ1) is 14.1. The van der Waals surface area contributed by atoms with Crippen molar-refractivity contribution in [2.24, 2.45) is 0 Å². The summed E-state index contributed by atoms with van der Waals surface area (Å²) in [7, 11) is 0. The fraction of sp³-hybridized carbons (Fsp3) is 0.364. The smallest absolute Gasteiger partial charge is 0.409 e. The molecule has 0 aromatic heterocycles. The molecule has 2 saturated heterocycles. The summed E-state index contributed by atoms with van der Waals surface area (Å²) in [5.41, 5.74) is 4.68. The number of fused-ring (bicyclic) bond motifs is 4. The highest BCUT2D eigenvalue weighted by Crippen LogP contribution is 2.44. The Morgan fingerprint density at radius 2 is 1.62 bits per heavy atom. The van der Waals surface area contributed by atoms with Crippen LogP contribution in [-0.2, 0) is 19.0 Å². The maximum Gasteiger partial charge on any atom is 0.409 e. The van der Waals surface area contributed by atoms with Crippen molar-refractivity contribution in [3.05, 3.63) is 59.7 Å². The average molecular weight is 395 g/mol. The second-order valence-electron chi connectivity index (χ2n) is 7.58. The second-order valence-corrected chi connectivity index (χ2v) is 7.58. The Morgan fingerprint density at radius 1 is 1.00 bits per heavy atom. The Kier molecular flexibility index (Phi) is 4.49. The SMILES string of the molecule is O=C(O)C1COC2CN(C(=O)OCC3c4ccccc4-c4ccccc43)CC2O1. The second kappa shape index (κ2) is 7.17. The molecule has 1 N–H and O–H groups in total. The zero-order valence-corrected chi connectivity index (χ0v) is 15.7. The molecule has 0 saturated carbocycles. The molecule has 0 radical (unpaired) electrons. The summed E-state index contributed by atoms with van der Waals surface area (Å²) < 4.78 is 16.8. The van der Waals surface area contributed by atoms with E-state index in [1.54, 1.807) is 0 Å². The molecule has 5 rings (SSSR count). The van der Waals surface area contributed by atoms with Crippen LogP contribution in [0.5, 0.6) is 0 Å². The molecular weight excluding hydrogens is 374 g/mol. The zero-order valence-electron chi connectivity index (χ0n) is 15.7. The van der Waals surface area contributed by atoms with Crippen LogP contribution in [0.15, 0.2) is 48.5 Å². The first kappa shape index (κ1) is 18.1. The molecule has 1 aliphatic carbocycles. The topological polar surface area (TPSA) is 85.3 Å². The van der Waals surface area contributed by atoms with Crippen molar-refractivity contribution in [2.45, 2.75) is 24.2 Å². The van der Waals surface area contributed by atoms with Gasteiger partial charge in [-0.15, -0.1) is 0 Å². The minimum Gasteiger partial charge on any atom is -0.479 e. The van der Waals surface area contributed by atoms with Crippen LogP contribution in [0.3, 0.4) is 0 Å². The molecule has 2 heterocycles. The molecule has 3 aliphatic rings. The number of hydrogen-bond donors (Lipinski definition) is 1. The number of aliphatic carboxylic acids is 1. The van der Waals surface area contributed by atoms with E-state index in [2.05, 4.69) is 24.3 Å². The standard InChI is InChI=1S/C22H21NO6/c24-21(25)20-12-27-18-9-23(10-19(18)29-20)22(26)28-11-17-15-7-3-1-5-13(15)14-6-2-4-8-16(14)17/h1-8,17-20H,9-12H2,(H,24,25). The molecule has 29 heavy (non-hydrogen) atoms. The average Bonchev–Trinajstić information content (AvgIpc) is 3.31. The Balaban J connectivity index is 1.26. The number of carboxylic acid groups (broad SMARTS) is 1. The van der Waals surface area contributed by atoms with E-state index in [-0.39, 0.29) is 31.8 Å². The van der Waals surface area contributed by atoms with Crippen molar-refractivity contribution in [3.8, 4) is 11.1 Å². The number of likely N-dealkylation sites (tertiary alicyclic amines) is 1. The lowest BCUT2D eigenvalue weighted by molar-refractivity contribution is -0.187. The van der Waals surface area contributed by atoms with Crippen LogP contribution >= 0.6 is 0 Å². The molecule has 2 aromatic rings. The van der Waals surface area contributed by atoms with Crippen LogP contribution in [0, 0.1) is 0 Å². The maximum atomic E-state index is 12.7. The lowest BCUT2D eigenvalue weighted by Gasteiger charge is -2.29. The highest BCUT2D eigenvalue weighted by Gasteiger charge is 2.44. The number of carbonyl (C=O) groups excluding carboxylic acids is 1. The number of amides is 1. The quantitative estimate of drug-likeness (QED) is 0.860. The summed E-state index contributed by atoms with van der Waals surface area (Å²) in [6.45, 7) is 0.853. The van der Waals surface area contributed by atoms with Gasteiger partial charge in [-0.05, 0) is 22.3 Å². The number of nitrogens with zero attached hydrogens (tertiary/aromatic N) is 1. The third-order valence-corrected chi connectivity index (χ3v) is 5.89. The van der Waals surface area contributed by atoms with Gasteiger partial charge >= 0.3 is 12.1 Å². The van der Waals surface area contributed by atoms with Gasteiger partial charge in [0.25, 0.3) is 0 Å². The van der Waals surface area contributed by atoms with E-state index in [4.69, 9.17) is 19.3 Å². The summed E-state index contributed by atoms with van der Waals surface area (Å²) in [4.78, 5) is 25.3.